The number of hydrogen-bond donors (Lipinski definition) is 1. The van der Waals surface area contributed by atoms with Crippen LogP contribution in [0, 0.1) is 80.8 Å². The first-order valence-electron chi connectivity index (χ1n) is 31.1. The Morgan fingerprint density at radius 2 is 0.965 bits per heavy atom. The molecule has 0 bridgehead atoms. The van der Waals surface area contributed by atoms with Crippen LogP contribution >= 0.6 is 0 Å². The highest BCUT2D eigenvalue weighted by atomic mass is 16.7. The topological polar surface area (TPSA) is 264 Å². The van der Waals surface area contributed by atoms with E-state index in [1.165, 1.54) is 46.8 Å². The van der Waals surface area contributed by atoms with Gasteiger partial charge in [-0.3, -0.25) is 33.6 Å². The number of esters is 7. The van der Waals surface area contributed by atoms with E-state index in [2.05, 4.69) is 27.7 Å². The minimum absolute atomic E-state index is 0.00297. The molecule has 4 heterocycles. The number of aliphatic hydroxyl groups excluding tert-OH is 1. The zero-order chi connectivity index (χ0) is 61.2. The van der Waals surface area contributed by atoms with Gasteiger partial charge < -0.3 is 47.7 Å². The van der Waals surface area contributed by atoms with Crippen LogP contribution in [0.4, 0.5) is 0 Å². The van der Waals surface area contributed by atoms with E-state index in [0.29, 0.717) is 47.7 Å². The fraction of sp³-hybridized carbons (Fsp3) is 0.742. The number of fused-ring (bicyclic) bond motifs is 8. The summed E-state index contributed by atoms with van der Waals surface area (Å²) in [5.41, 5.74) is -1.61. The van der Waals surface area contributed by atoms with E-state index in [-0.39, 0.29) is 109 Å². The van der Waals surface area contributed by atoms with Gasteiger partial charge in [0.25, 0.3) is 0 Å². The molecule has 1 N–H and O–H groups in total. The summed E-state index contributed by atoms with van der Waals surface area (Å²) in [6.45, 7) is 19.1. The molecule has 4 aliphatic heterocycles. The molecule has 0 aromatic heterocycles. The Balaban J connectivity index is 0.000000177. The van der Waals surface area contributed by atoms with Crippen molar-refractivity contribution in [2.45, 2.75) is 201 Å². The highest BCUT2D eigenvalue weighted by Gasteiger charge is 2.85. The molecule has 0 radical (unpaired) electrons. The lowest BCUT2D eigenvalue weighted by molar-refractivity contribution is -0.181. The van der Waals surface area contributed by atoms with E-state index in [1.54, 1.807) is 12.2 Å². The molecular weight excluding hydrogens is 1100 g/mol. The summed E-state index contributed by atoms with van der Waals surface area (Å²) in [5.74, 6) is -1.49. The molecule has 85 heavy (non-hydrogen) atoms. The molecule has 0 aromatic rings. The number of allylic oxidation sites excluding steroid dienone is 2. The standard InChI is InChI=1S/C34H44O10.C32H42O9/c1-17-13-27(43-31(39)23(17)15-40-19(3)35)18(2)24-7-8-25-22-14-30-34(44-30)29(42-21(5)37)10-9-28(38)33(34,16-41-20(4)36)26(22)11-12-32(24,25)6;1-16-12-25(40-29(37)21(16)14-38-18(3)34)17(2)22-6-7-23-20-13-28-32(41-28)27(39-19(4)35)9-8-26(36)31(32,15-33)24(20)10-11-30(22,23)5/h9-10,18,22,24-27,29-30H,7-8,11-16H2,1-6H3;8-9,17,20,22-25,27-28,33H,6-7,10-15H2,1-5H3/t18-,22-,24?,25-,26-,27+,29-,30+,32+,33-,34+;17-,20-,22?,23-,24-,25+,27-,28+,30+,31-,32+/m00/s1. The van der Waals surface area contributed by atoms with Gasteiger partial charge in [0.2, 0.25) is 0 Å². The van der Waals surface area contributed by atoms with Gasteiger partial charge in [-0.1, -0.05) is 38.8 Å². The van der Waals surface area contributed by atoms with E-state index in [1.807, 2.05) is 13.8 Å². The Kier molecular flexibility index (Phi) is 15.8. The van der Waals surface area contributed by atoms with Crippen molar-refractivity contribution in [1.29, 1.82) is 0 Å². The van der Waals surface area contributed by atoms with Gasteiger partial charge in [-0.2, -0.15) is 0 Å². The SMILES string of the molecule is CC(=O)OCC1=C(C)C[C@H]([C@@H](C)C2CC[C@H]3[C@@H]4C[C@H]5O[C@]56[C@@H](OC(C)=O)C=CC(=O)[C@]6(CO)[C@H]4CC[C@]23C)OC1=O.CC(=O)OCC1=C(C)C[C@H]([C@@H](C)C2CC[C@H]3[C@@H]4C[C@H]5O[C@]56[C@@H](OC(C)=O)C=CC(=O)[C@]6(COC(C)=O)[C@H]4CC[C@]23C)OC1=O. The number of cyclic esters (lactones) is 2. The Bertz CT molecular complexity index is 2970. The summed E-state index contributed by atoms with van der Waals surface area (Å²) in [5, 5.41) is 10.9. The van der Waals surface area contributed by atoms with Crippen LogP contribution in [0.5, 0.6) is 0 Å². The maximum absolute atomic E-state index is 14.0. The molecule has 0 amide bonds. The van der Waals surface area contributed by atoms with Crippen LogP contribution in [-0.4, -0.2) is 133 Å². The van der Waals surface area contributed by atoms with Gasteiger partial charge in [-0.15, -0.1) is 0 Å². The molecule has 8 aliphatic carbocycles. The zero-order valence-electron chi connectivity index (χ0n) is 51.2. The zero-order valence-corrected chi connectivity index (χ0v) is 51.2. The van der Waals surface area contributed by atoms with E-state index >= 15 is 0 Å². The molecule has 8 fully saturated rings. The molecule has 22 atom stereocenters. The summed E-state index contributed by atoms with van der Waals surface area (Å²) in [6, 6.07) is 0. The Morgan fingerprint density at radius 3 is 1.35 bits per heavy atom. The normalized spacial score (nSPS) is 43.8. The number of carbonyl (C=O) groups excluding carboxylic acids is 9. The van der Waals surface area contributed by atoms with Crippen LogP contribution in [0.2, 0.25) is 0 Å². The van der Waals surface area contributed by atoms with Crippen molar-refractivity contribution in [2.24, 2.45) is 80.8 Å². The molecule has 464 valence electrons. The molecule has 2 unspecified atom stereocenters. The van der Waals surface area contributed by atoms with Crippen molar-refractivity contribution in [3.05, 3.63) is 46.6 Å². The summed E-state index contributed by atoms with van der Waals surface area (Å²) in [7, 11) is 0. The third-order valence-electron chi connectivity index (χ3n) is 24.4. The number of aliphatic hydroxyl groups is 1. The van der Waals surface area contributed by atoms with Crippen molar-refractivity contribution in [2.75, 3.05) is 26.4 Å². The van der Waals surface area contributed by atoms with Gasteiger partial charge in [-0.25, -0.2) is 9.59 Å². The number of epoxide rings is 2. The number of rotatable bonds is 13. The van der Waals surface area contributed by atoms with Crippen molar-refractivity contribution in [1.82, 2.24) is 0 Å². The predicted molar refractivity (Wildman–Crippen MR) is 299 cm³/mol. The van der Waals surface area contributed by atoms with Gasteiger partial charge in [0.15, 0.2) is 35.0 Å². The van der Waals surface area contributed by atoms with Crippen LogP contribution in [0.15, 0.2) is 46.6 Å². The van der Waals surface area contributed by atoms with Crippen LogP contribution in [0.1, 0.15) is 153 Å². The Morgan fingerprint density at radius 1 is 0.565 bits per heavy atom. The third-order valence-corrected chi connectivity index (χ3v) is 24.4. The van der Waals surface area contributed by atoms with E-state index in [0.717, 1.165) is 75.4 Å². The minimum Gasteiger partial charge on any atom is -0.465 e. The highest BCUT2D eigenvalue weighted by molar-refractivity contribution is 6.00. The monoisotopic (exact) mass is 1180 g/mol. The summed E-state index contributed by atoms with van der Waals surface area (Å²) < 4.78 is 51.9. The molecule has 19 nitrogen and oxygen atoms in total. The molecule has 2 saturated heterocycles. The Labute approximate surface area is 497 Å². The second-order valence-electron chi connectivity index (χ2n) is 28.0. The number of carbonyl (C=O) groups is 9. The molecule has 2 spiro atoms. The smallest absolute Gasteiger partial charge is 0.337 e. The minimum atomic E-state index is -1.12. The van der Waals surface area contributed by atoms with Gasteiger partial charge in [0, 0.05) is 47.5 Å². The summed E-state index contributed by atoms with van der Waals surface area (Å²) in [6.07, 6.45) is 13.9. The molecule has 12 rings (SSSR count). The quantitative estimate of drug-likeness (QED) is 0.106. The number of hydrogen-bond acceptors (Lipinski definition) is 19. The van der Waals surface area contributed by atoms with E-state index < -0.39 is 76.0 Å². The number of ether oxygens (including phenoxy) is 9. The maximum atomic E-state index is 14.0. The molecular formula is C66H86O19. The first kappa shape index (κ1) is 61.1. The van der Waals surface area contributed by atoms with Crippen molar-refractivity contribution >= 4 is 53.4 Å². The van der Waals surface area contributed by atoms with Crippen molar-refractivity contribution in [3.63, 3.8) is 0 Å². The van der Waals surface area contributed by atoms with Gasteiger partial charge in [-0.05, 0) is 172 Å². The lowest BCUT2D eigenvalue weighted by atomic mass is 9.44. The number of ketones is 2. The lowest BCUT2D eigenvalue weighted by Crippen LogP contribution is -2.67. The first-order chi connectivity index (χ1) is 40.2. The van der Waals surface area contributed by atoms with Gasteiger partial charge >= 0.3 is 41.8 Å². The van der Waals surface area contributed by atoms with E-state index in [9.17, 15) is 48.3 Å². The highest BCUT2D eigenvalue weighted by Crippen LogP contribution is 2.75. The Hall–Kier alpha value is -5.53. The average Bonchev–Trinajstić information content (AvgIpc) is 1.52. The molecule has 19 heteroatoms. The van der Waals surface area contributed by atoms with Crippen molar-refractivity contribution in [3.8, 4) is 0 Å². The largest absolute Gasteiger partial charge is 0.465 e. The first-order valence-corrected chi connectivity index (χ1v) is 31.1. The van der Waals surface area contributed by atoms with Crippen molar-refractivity contribution < 1.29 is 90.9 Å². The molecule has 6 saturated carbocycles. The third kappa shape index (κ3) is 9.36. The fourth-order valence-electron chi connectivity index (χ4n) is 20.6. The predicted octanol–water partition coefficient (Wildman–Crippen LogP) is 7.50. The summed E-state index contributed by atoms with van der Waals surface area (Å²) in [4.78, 5) is 112. The average molecular weight is 1180 g/mol. The van der Waals surface area contributed by atoms with E-state index in [4.69, 9.17) is 42.6 Å². The van der Waals surface area contributed by atoms with Gasteiger partial charge in [0.05, 0.1) is 35.4 Å². The second kappa shape index (κ2) is 22.0. The maximum Gasteiger partial charge on any atom is 0.337 e. The second-order valence-corrected chi connectivity index (χ2v) is 28.0. The lowest BCUT2D eigenvalue weighted by Gasteiger charge is -2.59. The van der Waals surface area contributed by atoms with Crippen LogP contribution in [0.3, 0.4) is 0 Å². The summed E-state index contributed by atoms with van der Waals surface area (Å²) >= 11 is 0. The van der Waals surface area contributed by atoms with Crippen LogP contribution in [-0.2, 0) is 85.8 Å². The molecule has 12 aliphatic rings. The van der Waals surface area contributed by atoms with Gasteiger partial charge in [0.1, 0.15) is 37.4 Å². The fourth-order valence-corrected chi connectivity index (χ4v) is 20.6. The van der Waals surface area contributed by atoms with Crippen LogP contribution in [0.25, 0.3) is 0 Å². The molecule has 0 aromatic carbocycles. The van der Waals surface area contributed by atoms with Crippen LogP contribution < -0.4 is 0 Å².